The van der Waals surface area contributed by atoms with E-state index in [1.54, 1.807) is 25.3 Å². The summed E-state index contributed by atoms with van der Waals surface area (Å²) in [6.07, 6.45) is 3.01. The minimum atomic E-state index is -0.919. The third-order valence-corrected chi connectivity index (χ3v) is 5.18. The fourth-order valence-electron chi connectivity index (χ4n) is 3.34. The molecule has 6 heteroatoms. The second-order valence-electron chi connectivity index (χ2n) is 6.94. The molecule has 2 aliphatic rings. The molecule has 0 heterocycles. The Morgan fingerprint density at radius 2 is 2.16 bits per heavy atom. The van der Waals surface area contributed by atoms with Crippen molar-refractivity contribution in [1.29, 1.82) is 5.26 Å². The Labute approximate surface area is 146 Å². The first kappa shape index (κ1) is 17.3. The Balaban J connectivity index is 1.91. The van der Waals surface area contributed by atoms with Gasteiger partial charge in [0.2, 0.25) is 5.91 Å². The highest BCUT2D eigenvalue weighted by molar-refractivity contribution is 6.01. The number of hydrogen-bond donors (Lipinski definition) is 1. The fraction of sp³-hybridized carbons (Fsp3) is 0.526. The van der Waals surface area contributed by atoms with Gasteiger partial charge < -0.3 is 15.2 Å². The molecule has 2 atom stereocenters. The van der Waals surface area contributed by atoms with Crippen molar-refractivity contribution in [1.82, 2.24) is 0 Å². The maximum absolute atomic E-state index is 12.0. The van der Waals surface area contributed by atoms with Gasteiger partial charge in [0.1, 0.15) is 5.78 Å². The minimum absolute atomic E-state index is 0.117. The number of primary amides is 1. The summed E-state index contributed by atoms with van der Waals surface area (Å²) in [5, 5.41) is 9.84. The first-order valence-electron chi connectivity index (χ1n) is 8.53. The van der Waals surface area contributed by atoms with Crippen LogP contribution in [0.2, 0.25) is 0 Å². The molecule has 0 spiro atoms. The number of carbonyl (C=O) groups is 2. The van der Waals surface area contributed by atoms with Crippen LogP contribution >= 0.6 is 0 Å². The highest BCUT2D eigenvalue weighted by Crippen LogP contribution is 2.43. The van der Waals surface area contributed by atoms with Crippen molar-refractivity contribution < 1.29 is 19.1 Å². The molecule has 2 unspecified atom stereocenters. The molecule has 3 rings (SSSR count). The lowest BCUT2D eigenvalue weighted by molar-refractivity contribution is -0.134. The van der Waals surface area contributed by atoms with Crippen molar-refractivity contribution in [2.75, 3.05) is 13.7 Å². The summed E-state index contributed by atoms with van der Waals surface area (Å²) in [7, 11) is 1.57. The number of ether oxygens (including phenoxy) is 2. The van der Waals surface area contributed by atoms with Crippen molar-refractivity contribution in [2.24, 2.45) is 17.6 Å². The molecule has 1 amide bonds. The molecule has 0 aromatic heterocycles. The molecule has 0 bridgehead atoms. The van der Waals surface area contributed by atoms with Gasteiger partial charge >= 0.3 is 0 Å². The van der Waals surface area contributed by atoms with Gasteiger partial charge in [0, 0.05) is 6.42 Å². The van der Waals surface area contributed by atoms with Gasteiger partial charge in [-0.25, -0.2) is 0 Å². The predicted octanol–water partition coefficient (Wildman–Crippen LogP) is 2.10. The third kappa shape index (κ3) is 3.46. The molecule has 0 radical (unpaired) electrons. The molecule has 0 aliphatic heterocycles. The summed E-state index contributed by atoms with van der Waals surface area (Å²) < 4.78 is 11.2. The summed E-state index contributed by atoms with van der Waals surface area (Å²) in [4.78, 5) is 23.6. The largest absolute Gasteiger partial charge is 0.493 e. The quantitative estimate of drug-likeness (QED) is 0.798. The van der Waals surface area contributed by atoms with Crippen LogP contribution in [0.3, 0.4) is 0 Å². The molecule has 2 N–H and O–H groups in total. The second-order valence-corrected chi connectivity index (χ2v) is 6.94. The topological polar surface area (TPSA) is 102 Å². The van der Waals surface area contributed by atoms with Crippen LogP contribution in [0, 0.1) is 23.2 Å². The van der Waals surface area contributed by atoms with Crippen molar-refractivity contribution in [3.63, 3.8) is 0 Å². The Morgan fingerprint density at radius 3 is 2.76 bits per heavy atom. The number of methoxy groups -OCH3 is 1. The Morgan fingerprint density at radius 1 is 1.40 bits per heavy atom. The van der Waals surface area contributed by atoms with Gasteiger partial charge in [-0.15, -0.1) is 0 Å². The molecule has 132 valence electrons. The van der Waals surface area contributed by atoms with Crippen LogP contribution in [0.1, 0.15) is 37.7 Å². The maximum Gasteiger partial charge on any atom is 0.228 e. The molecule has 2 saturated carbocycles. The average molecular weight is 342 g/mol. The van der Waals surface area contributed by atoms with Crippen LogP contribution in [-0.2, 0) is 15.0 Å². The van der Waals surface area contributed by atoms with Crippen molar-refractivity contribution in [3.8, 4) is 17.6 Å². The summed E-state index contributed by atoms with van der Waals surface area (Å²) in [6.45, 7) is 0.627. The third-order valence-electron chi connectivity index (χ3n) is 5.18. The van der Waals surface area contributed by atoms with Crippen LogP contribution < -0.4 is 15.2 Å². The van der Waals surface area contributed by atoms with Crippen molar-refractivity contribution in [2.45, 2.75) is 37.5 Å². The van der Waals surface area contributed by atoms with Crippen molar-refractivity contribution >= 4 is 11.7 Å². The van der Waals surface area contributed by atoms with Gasteiger partial charge in [-0.05, 0) is 49.3 Å². The van der Waals surface area contributed by atoms with Crippen LogP contribution in [0.15, 0.2) is 18.2 Å². The van der Waals surface area contributed by atoms with E-state index in [4.69, 9.17) is 15.2 Å². The monoisotopic (exact) mass is 342 g/mol. The lowest BCUT2D eigenvalue weighted by atomic mass is 9.66. The smallest absolute Gasteiger partial charge is 0.228 e. The zero-order valence-corrected chi connectivity index (χ0v) is 14.3. The van der Waals surface area contributed by atoms with E-state index >= 15 is 0 Å². The van der Waals surface area contributed by atoms with E-state index < -0.39 is 17.2 Å². The maximum atomic E-state index is 12.0. The molecular weight excluding hydrogens is 320 g/mol. The van der Waals surface area contributed by atoms with Crippen LogP contribution in [-0.4, -0.2) is 25.4 Å². The summed E-state index contributed by atoms with van der Waals surface area (Å²) in [5.41, 5.74) is 5.18. The summed E-state index contributed by atoms with van der Waals surface area (Å²) >= 11 is 0. The lowest BCUT2D eigenvalue weighted by Crippen LogP contribution is -2.42. The molecule has 2 fully saturated rings. The molecule has 0 saturated heterocycles. The van der Waals surface area contributed by atoms with E-state index in [2.05, 4.69) is 6.07 Å². The van der Waals surface area contributed by atoms with Gasteiger partial charge in [0.15, 0.2) is 11.5 Å². The SMILES string of the molecule is COc1ccc(C2(C#N)CCC(=O)C(C(N)=O)C2)cc1OCC1CC1. The summed E-state index contributed by atoms with van der Waals surface area (Å²) in [6, 6.07) is 7.70. The molecule has 2 aliphatic carbocycles. The van der Waals surface area contributed by atoms with Gasteiger partial charge in [0.05, 0.1) is 31.1 Å². The van der Waals surface area contributed by atoms with Crippen molar-refractivity contribution in [3.05, 3.63) is 23.8 Å². The van der Waals surface area contributed by atoms with Crippen LogP contribution in [0.25, 0.3) is 0 Å². The normalized spacial score (nSPS) is 25.9. The number of ketones is 1. The van der Waals surface area contributed by atoms with Crippen LogP contribution in [0.5, 0.6) is 11.5 Å². The number of Topliss-reactive ketones (excluding diaryl/α,β-unsaturated/α-hetero) is 1. The highest BCUT2D eigenvalue weighted by atomic mass is 16.5. The number of amides is 1. The number of benzene rings is 1. The molecule has 25 heavy (non-hydrogen) atoms. The van der Waals surface area contributed by atoms with E-state index in [0.29, 0.717) is 30.4 Å². The Hall–Kier alpha value is -2.55. The number of nitrogens with two attached hydrogens (primary N) is 1. The number of nitriles is 1. The highest BCUT2D eigenvalue weighted by Gasteiger charge is 2.44. The molecule has 1 aromatic carbocycles. The number of nitrogens with zero attached hydrogens (tertiary/aromatic N) is 1. The zero-order valence-electron chi connectivity index (χ0n) is 14.3. The molecule has 1 aromatic rings. The lowest BCUT2D eigenvalue weighted by Gasteiger charge is -2.34. The zero-order chi connectivity index (χ0) is 18.0. The Kier molecular flexibility index (Phi) is 4.67. The standard InChI is InChI=1S/C19H22N2O4/c1-24-16-5-4-13(8-17(16)25-10-12-2-3-12)19(11-20)7-6-15(22)14(9-19)18(21)23/h4-5,8,12,14H,2-3,6-7,9-10H2,1H3,(H2,21,23). The Bertz CT molecular complexity index is 735. The van der Waals surface area contributed by atoms with Gasteiger partial charge in [-0.3, -0.25) is 9.59 Å². The first-order valence-corrected chi connectivity index (χ1v) is 8.53. The number of hydrogen-bond acceptors (Lipinski definition) is 5. The number of rotatable bonds is 6. The van der Waals surface area contributed by atoms with Gasteiger partial charge in [0.25, 0.3) is 0 Å². The minimum Gasteiger partial charge on any atom is -0.493 e. The van der Waals surface area contributed by atoms with E-state index in [1.165, 1.54) is 12.8 Å². The fourth-order valence-corrected chi connectivity index (χ4v) is 3.34. The van der Waals surface area contributed by atoms with Gasteiger partial charge in [-0.1, -0.05) is 6.07 Å². The summed E-state index contributed by atoms with van der Waals surface area (Å²) in [5.74, 6) is 0.0289. The van der Waals surface area contributed by atoms with E-state index in [0.717, 1.165) is 5.56 Å². The van der Waals surface area contributed by atoms with E-state index in [9.17, 15) is 14.9 Å². The van der Waals surface area contributed by atoms with E-state index in [1.807, 2.05) is 0 Å². The number of carbonyl (C=O) groups excluding carboxylic acids is 2. The van der Waals surface area contributed by atoms with Crippen LogP contribution in [0.4, 0.5) is 0 Å². The predicted molar refractivity (Wildman–Crippen MR) is 90.0 cm³/mol. The average Bonchev–Trinajstić information content (AvgIpc) is 3.44. The molecule has 6 nitrogen and oxygen atoms in total. The van der Waals surface area contributed by atoms with E-state index in [-0.39, 0.29) is 18.6 Å². The first-order chi connectivity index (χ1) is 12.0. The van der Waals surface area contributed by atoms with Gasteiger partial charge in [-0.2, -0.15) is 5.26 Å². The molecular formula is C19H22N2O4. The second kappa shape index (κ2) is 6.75.